The third-order valence-corrected chi connectivity index (χ3v) is 9.14. The summed E-state index contributed by atoms with van der Waals surface area (Å²) in [7, 11) is 4.61. The van der Waals surface area contributed by atoms with Gasteiger partial charge in [-0.05, 0) is 49.9 Å². The summed E-state index contributed by atoms with van der Waals surface area (Å²) >= 11 is 0. The number of ether oxygens (including phenoxy) is 5. The van der Waals surface area contributed by atoms with Crippen LogP contribution in [0.25, 0.3) is 0 Å². The highest BCUT2D eigenvalue weighted by atomic mass is 16.7. The van der Waals surface area contributed by atoms with Crippen molar-refractivity contribution in [1.29, 1.82) is 0 Å². The van der Waals surface area contributed by atoms with E-state index in [2.05, 4.69) is 11.2 Å². The number of rotatable bonds is 9. The van der Waals surface area contributed by atoms with E-state index >= 15 is 0 Å². The topological polar surface area (TPSA) is 92.3 Å². The molecular formula is C26H39NO7. The molecule has 4 aliphatic rings. The molecule has 4 aliphatic carbocycles. The van der Waals surface area contributed by atoms with Crippen molar-refractivity contribution in [3.63, 3.8) is 0 Å². The molecule has 0 aromatic heterocycles. The Morgan fingerprint density at radius 3 is 2.65 bits per heavy atom. The van der Waals surface area contributed by atoms with Crippen LogP contribution in [-0.2, 0) is 28.5 Å². The molecule has 2 bridgehead atoms. The van der Waals surface area contributed by atoms with E-state index in [0.717, 1.165) is 25.7 Å². The van der Waals surface area contributed by atoms with Crippen LogP contribution in [0.4, 0.5) is 4.79 Å². The molecule has 8 atom stereocenters. The lowest BCUT2D eigenvalue weighted by Crippen LogP contribution is -2.68. The lowest BCUT2D eigenvalue weighted by atomic mass is 9.54. The maximum absolute atomic E-state index is 13.6. The Morgan fingerprint density at radius 2 is 1.94 bits per heavy atom. The van der Waals surface area contributed by atoms with Gasteiger partial charge in [-0.2, -0.15) is 0 Å². The van der Waals surface area contributed by atoms with E-state index in [1.807, 2.05) is 0 Å². The first-order valence-electron chi connectivity index (χ1n) is 12.5. The molecule has 4 saturated carbocycles. The summed E-state index contributed by atoms with van der Waals surface area (Å²) in [6.45, 7) is 0.294. The number of alkyl carbamates (subject to hydrolysis) is 1. The number of methoxy groups -OCH3 is 3. The smallest absolute Gasteiger partial charge is 0.407 e. The fraction of sp³-hybridized carbons (Fsp3) is 0.846. The summed E-state index contributed by atoms with van der Waals surface area (Å²) in [4.78, 5) is 26.4. The van der Waals surface area contributed by atoms with Gasteiger partial charge in [-0.15, -0.1) is 12.3 Å². The highest BCUT2D eigenvalue weighted by molar-refractivity contribution is 5.85. The summed E-state index contributed by atoms with van der Waals surface area (Å²) in [5, 5.41) is 3.33. The zero-order valence-corrected chi connectivity index (χ0v) is 20.7. The van der Waals surface area contributed by atoms with Gasteiger partial charge in [-0.25, -0.2) is 4.79 Å². The van der Waals surface area contributed by atoms with E-state index in [9.17, 15) is 9.59 Å². The molecule has 4 rings (SSSR count). The van der Waals surface area contributed by atoms with Crippen molar-refractivity contribution >= 4 is 11.9 Å². The van der Waals surface area contributed by atoms with Gasteiger partial charge in [0.25, 0.3) is 0 Å². The molecule has 0 aliphatic heterocycles. The molecule has 0 heterocycles. The zero-order chi connectivity index (χ0) is 24.3. The molecular weight excluding hydrogens is 438 g/mol. The molecule has 0 saturated heterocycles. The van der Waals surface area contributed by atoms with Crippen LogP contribution in [0.5, 0.6) is 0 Å². The van der Waals surface area contributed by atoms with Crippen LogP contribution in [0.15, 0.2) is 0 Å². The fourth-order valence-electron chi connectivity index (χ4n) is 8.15. The van der Waals surface area contributed by atoms with E-state index in [4.69, 9.17) is 30.1 Å². The SMILES string of the molecule is C#CCC[C@@H]1C(=O)C[C@H]2C[C@]1(OCOC)[C@@H]1C[C@@H](OCOC)[C@@H]3CCCC[C@H]3[C@]21NC(=O)OC. The number of nitrogens with one attached hydrogen (secondary N) is 1. The number of fused-ring (bicyclic) bond motifs is 7. The standard InChI is InChI=1S/C26H39NO7/c1-5-6-10-20-21(28)12-17-14-25(20,34-16-31-3)23-13-22(33-15-30-2)18-9-7-8-11-19(18)26(17,23)27-24(29)32-4/h1,17-20,22-23H,6-16H2,2-4H3,(H,27,29)/t17-,18+,19+,20+,22+,23-,25+,26+/m0/s1. The highest BCUT2D eigenvalue weighted by Crippen LogP contribution is 2.67. The predicted molar refractivity (Wildman–Crippen MR) is 124 cm³/mol. The molecule has 4 fully saturated rings. The van der Waals surface area contributed by atoms with E-state index in [0.29, 0.717) is 32.1 Å². The summed E-state index contributed by atoms with van der Waals surface area (Å²) in [5.41, 5.74) is -1.37. The molecule has 34 heavy (non-hydrogen) atoms. The third-order valence-electron chi connectivity index (χ3n) is 9.14. The number of ketones is 1. The first-order valence-corrected chi connectivity index (χ1v) is 12.5. The Bertz CT molecular complexity index is 797. The second kappa shape index (κ2) is 10.5. The zero-order valence-electron chi connectivity index (χ0n) is 20.7. The molecule has 0 unspecified atom stereocenters. The van der Waals surface area contributed by atoms with Crippen LogP contribution in [-0.4, -0.2) is 64.0 Å². The summed E-state index contributed by atoms with van der Waals surface area (Å²) in [6.07, 6.45) is 12.2. The molecule has 0 radical (unpaired) electrons. The van der Waals surface area contributed by atoms with Gasteiger partial charge >= 0.3 is 6.09 Å². The Labute approximate surface area is 202 Å². The first kappa shape index (κ1) is 25.4. The van der Waals surface area contributed by atoms with Crippen LogP contribution < -0.4 is 5.32 Å². The Kier molecular flexibility index (Phi) is 7.88. The molecule has 0 aromatic carbocycles. The van der Waals surface area contributed by atoms with Gasteiger partial charge in [0.2, 0.25) is 0 Å². The largest absolute Gasteiger partial charge is 0.453 e. The normalized spacial score (nSPS) is 40.7. The van der Waals surface area contributed by atoms with Crippen molar-refractivity contribution < 1.29 is 33.3 Å². The summed E-state index contributed by atoms with van der Waals surface area (Å²) in [5.74, 6) is 2.81. The van der Waals surface area contributed by atoms with Crippen LogP contribution >= 0.6 is 0 Å². The minimum Gasteiger partial charge on any atom is -0.453 e. The number of carbonyl (C=O) groups is 2. The monoisotopic (exact) mass is 477 g/mol. The van der Waals surface area contributed by atoms with Gasteiger partial charge in [0.15, 0.2) is 0 Å². The van der Waals surface area contributed by atoms with Crippen molar-refractivity contribution in [3.8, 4) is 12.3 Å². The predicted octanol–water partition coefficient (Wildman–Crippen LogP) is 3.28. The minimum atomic E-state index is -0.773. The molecule has 8 nitrogen and oxygen atoms in total. The Morgan fingerprint density at radius 1 is 1.18 bits per heavy atom. The second-order valence-corrected chi connectivity index (χ2v) is 10.4. The van der Waals surface area contributed by atoms with E-state index in [-0.39, 0.29) is 55.1 Å². The summed E-state index contributed by atoms with van der Waals surface area (Å²) in [6, 6.07) is 0. The van der Waals surface area contributed by atoms with Gasteiger partial charge < -0.3 is 29.0 Å². The number of hydrogen-bond acceptors (Lipinski definition) is 7. The Hall–Kier alpha value is -1.66. The van der Waals surface area contributed by atoms with Gasteiger partial charge in [0, 0.05) is 38.9 Å². The van der Waals surface area contributed by atoms with Gasteiger partial charge in [0.1, 0.15) is 19.4 Å². The molecule has 0 spiro atoms. The number of hydrogen-bond donors (Lipinski definition) is 1. The number of Topliss-reactive ketones (excluding diaryl/α,β-unsaturated/α-hetero) is 1. The minimum absolute atomic E-state index is 0.0305. The van der Waals surface area contributed by atoms with E-state index in [1.54, 1.807) is 14.2 Å². The van der Waals surface area contributed by atoms with Crippen LogP contribution in [0.2, 0.25) is 0 Å². The average molecular weight is 478 g/mol. The van der Waals surface area contributed by atoms with E-state index < -0.39 is 17.2 Å². The first-order chi connectivity index (χ1) is 16.5. The van der Waals surface area contributed by atoms with Gasteiger partial charge in [-0.3, -0.25) is 4.79 Å². The molecule has 190 valence electrons. The second-order valence-electron chi connectivity index (χ2n) is 10.4. The van der Waals surface area contributed by atoms with E-state index in [1.165, 1.54) is 7.11 Å². The quantitative estimate of drug-likeness (QED) is 0.402. The lowest BCUT2D eigenvalue weighted by molar-refractivity contribution is -0.211. The van der Waals surface area contributed by atoms with Crippen molar-refractivity contribution in [2.45, 2.75) is 75.0 Å². The van der Waals surface area contributed by atoms with Crippen molar-refractivity contribution in [2.75, 3.05) is 34.9 Å². The fourth-order valence-corrected chi connectivity index (χ4v) is 8.15. The third kappa shape index (κ3) is 4.05. The van der Waals surface area contributed by atoms with Crippen molar-refractivity contribution in [1.82, 2.24) is 5.32 Å². The molecule has 8 heteroatoms. The van der Waals surface area contributed by atoms with Crippen molar-refractivity contribution in [2.24, 2.45) is 29.6 Å². The molecule has 1 amide bonds. The maximum Gasteiger partial charge on any atom is 0.407 e. The van der Waals surface area contributed by atoms with Gasteiger partial charge in [-0.1, -0.05) is 12.8 Å². The lowest BCUT2D eigenvalue weighted by Gasteiger charge is -2.58. The van der Waals surface area contributed by atoms with Gasteiger partial charge in [0.05, 0.1) is 24.4 Å². The molecule has 0 aromatic rings. The Balaban J connectivity index is 1.84. The number of terminal acetylenes is 1. The number of amides is 1. The maximum atomic E-state index is 13.6. The summed E-state index contributed by atoms with van der Waals surface area (Å²) < 4.78 is 28.6. The molecule has 1 N–H and O–H groups in total. The number of carbonyl (C=O) groups excluding carboxylic acids is 2. The van der Waals surface area contributed by atoms with Crippen molar-refractivity contribution in [3.05, 3.63) is 0 Å². The average Bonchev–Trinajstić information content (AvgIpc) is 3.07. The van der Waals surface area contributed by atoms with Crippen LogP contribution in [0.1, 0.15) is 57.8 Å². The highest BCUT2D eigenvalue weighted by Gasteiger charge is 2.74. The van der Waals surface area contributed by atoms with Crippen LogP contribution in [0.3, 0.4) is 0 Å². The van der Waals surface area contributed by atoms with Crippen LogP contribution in [0, 0.1) is 41.9 Å².